The summed E-state index contributed by atoms with van der Waals surface area (Å²) in [4.78, 5) is 26.1. The highest BCUT2D eigenvalue weighted by atomic mass is 16.5. The van der Waals surface area contributed by atoms with Crippen LogP contribution in [-0.2, 0) is 22.6 Å². The Morgan fingerprint density at radius 1 is 1.04 bits per heavy atom. The average molecular weight is 308 g/mol. The Hall–Kier alpha value is -3.08. The minimum Gasteiger partial charge on any atom is -0.461 e. The Balaban J connectivity index is 1.60. The quantitative estimate of drug-likeness (QED) is 0.710. The highest BCUT2D eigenvalue weighted by molar-refractivity contribution is 5.92. The number of fused-ring (bicyclic) bond motifs is 1. The van der Waals surface area contributed by atoms with Crippen molar-refractivity contribution in [1.82, 2.24) is 4.98 Å². The van der Waals surface area contributed by atoms with Gasteiger partial charge in [0.1, 0.15) is 6.61 Å². The molecular formula is C18H16N2O3. The maximum absolute atomic E-state index is 12.0. The minimum atomic E-state index is -0.479. The second kappa shape index (κ2) is 6.36. The zero-order chi connectivity index (χ0) is 16.2. The lowest BCUT2D eigenvalue weighted by molar-refractivity contribution is -0.144. The third-order valence-corrected chi connectivity index (χ3v) is 3.65. The first-order valence-electron chi connectivity index (χ1n) is 7.23. The van der Waals surface area contributed by atoms with Crippen LogP contribution in [0.4, 0.5) is 0 Å². The molecule has 0 aliphatic heterocycles. The Morgan fingerprint density at radius 2 is 1.78 bits per heavy atom. The molecule has 0 saturated heterocycles. The van der Waals surface area contributed by atoms with Crippen molar-refractivity contribution in [2.45, 2.75) is 13.0 Å². The third-order valence-electron chi connectivity index (χ3n) is 3.65. The van der Waals surface area contributed by atoms with Crippen LogP contribution in [0.25, 0.3) is 10.9 Å². The number of nitrogens with two attached hydrogens (primary N) is 1. The summed E-state index contributed by atoms with van der Waals surface area (Å²) in [5, 5.41) is 1.02. The monoisotopic (exact) mass is 308 g/mol. The van der Waals surface area contributed by atoms with E-state index in [2.05, 4.69) is 4.98 Å². The number of hydrogen-bond donors (Lipinski definition) is 2. The fourth-order valence-corrected chi connectivity index (χ4v) is 2.41. The summed E-state index contributed by atoms with van der Waals surface area (Å²) in [6.07, 6.45) is 2.04. The number of hydrogen-bond acceptors (Lipinski definition) is 3. The van der Waals surface area contributed by atoms with Gasteiger partial charge in [0.05, 0.1) is 6.42 Å². The second-order valence-corrected chi connectivity index (χ2v) is 5.26. The molecule has 3 rings (SSSR count). The normalized spacial score (nSPS) is 10.6. The van der Waals surface area contributed by atoms with Crippen LogP contribution in [0.3, 0.4) is 0 Å². The summed E-state index contributed by atoms with van der Waals surface area (Å²) >= 11 is 0. The summed E-state index contributed by atoms with van der Waals surface area (Å²) in [6.45, 7) is 0.167. The van der Waals surface area contributed by atoms with E-state index in [-0.39, 0.29) is 19.0 Å². The summed E-state index contributed by atoms with van der Waals surface area (Å²) in [5.74, 6) is -0.776. The lowest BCUT2D eigenvalue weighted by Crippen LogP contribution is -2.11. The van der Waals surface area contributed by atoms with E-state index < -0.39 is 5.91 Å². The number of H-pyrrole nitrogens is 1. The molecule has 23 heavy (non-hydrogen) atoms. The first-order valence-corrected chi connectivity index (χ1v) is 7.23. The molecule has 1 amide bonds. The van der Waals surface area contributed by atoms with Gasteiger partial charge in [0, 0.05) is 22.7 Å². The topological polar surface area (TPSA) is 85.2 Å². The Kier molecular flexibility index (Phi) is 4.10. The molecule has 3 N–H and O–H groups in total. The van der Waals surface area contributed by atoms with Crippen LogP contribution >= 0.6 is 0 Å². The number of para-hydroxylation sites is 1. The van der Waals surface area contributed by atoms with E-state index >= 15 is 0 Å². The van der Waals surface area contributed by atoms with Crippen molar-refractivity contribution in [3.63, 3.8) is 0 Å². The summed E-state index contributed by atoms with van der Waals surface area (Å²) in [7, 11) is 0. The van der Waals surface area contributed by atoms with E-state index in [1.54, 1.807) is 24.3 Å². The van der Waals surface area contributed by atoms with Crippen LogP contribution in [0.2, 0.25) is 0 Å². The molecule has 0 bridgehead atoms. The number of nitrogens with one attached hydrogen (secondary N) is 1. The number of rotatable bonds is 5. The lowest BCUT2D eigenvalue weighted by Gasteiger charge is -2.05. The van der Waals surface area contributed by atoms with Crippen molar-refractivity contribution < 1.29 is 14.3 Å². The average Bonchev–Trinajstić information content (AvgIpc) is 2.96. The standard InChI is InChI=1S/C18H16N2O3/c19-18(22)13-7-5-12(6-8-13)11-23-17(21)9-14-10-20-16-4-2-1-3-15(14)16/h1-8,10,20H,9,11H2,(H2,19,22). The van der Waals surface area contributed by atoms with Gasteiger partial charge in [0.15, 0.2) is 0 Å². The second-order valence-electron chi connectivity index (χ2n) is 5.26. The zero-order valence-corrected chi connectivity index (χ0v) is 12.4. The molecule has 2 aromatic carbocycles. The Morgan fingerprint density at radius 3 is 2.52 bits per heavy atom. The van der Waals surface area contributed by atoms with Crippen molar-refractivity contribution in [2.24, 2.45) is 5.73 Å². The van der Waals surface area contributed by atoms with Gasteiger partial charge >= 0.3 is 5.97 Å². The number of amides is 1. The molecule has 116 valence electrons. The van der Waals surface area contributed by atoms with Crippen LogP contribution in [0.5, 0.6) is 0 Å². The van der Waals surface area contributed by atoms with Crippen LogP contribution in [0.15, 0.2) is 54.7 Å². The summed E-state index contributed by atoms with van der Waals surface area (Å²) < 4.78 is 5.28. The maximum atomic E-state index is 12.0. The van der Waals surface area contributed by atoms with Gasteiger partial charge in [-0.25, -0.2) is 0 Å². The number of primary amides is 1. The highest BCUT2D eigenvalue weighted by Crippen LogP contribution is 2.18. The molecule has 1 aromatic heterocycles. The van der Waals surface area contributed by atoms with E-state index in [0.717, 1.165) is 22.0 Å². The SMILES string of the molecule is NC(=O)c1ccc(COC(=O)Cc2c[nH]c3ccccc23)cc1. The molecule has 3 aromatic rings. The van der Waals surface area contributed by atoms with Gasteiger partial charge in [0.2, 0.25) is 5.91 Å². The van der Waals surface area contributed by atoms with E-state index in [1.807, 2.05) is 30.5 Å². The molecule has 0 atom stereocenters. The van der Waals surface area contributed by atoms with Crippen molar-refractivity contribution in [3.8, 4) is 0 Å². The largest absolute Gasteiger partial charge is 0.461 e. The first kappa shape index (κ1) is 14.8. The van der Waals surface area contributed by atoms with Gasteiger partial charge < -0.3 is 15.5 Å². The van der Waals surface area contributed by atoms with Crippen molar-refractivity contribution in [3.05, 3.63) is 71.4 Å². The van der Waals surface area contributed by atoms with Crippen molar-refractivity contribution >= 4 is 22.8 Å². The van der Waals surface area contributed by atoms with Crippen LogP contribution in [0.1, 0.15) is 21.5 Å². The fourth-order valence-electron chi connectivity index (χ4n) is 2.41. The van der Waals surface area contributed by atoms with Crippen molar-refractivity contribution in [1.29, 1.82) is 0 Å². The smallest absolute Gasteiger partial charge is 0.310 e. The molecule has 0 radical (unpaired) electrons. The summed E-state index contributed by atoms with van der Waals surface area (Å²) in [6, 6.07) is 14.5. The molecule has 0 aliphatic carbocycles. The molecule has 0 unspecified atom stereocenters. The van der Waals surface area contributed by atoms with Gasteiger partial charge in [0.25, 0.3) is 0 Å². The molecule has 0 fully saturated rings. The third kappa shape index (κ3) is 3.40. The predicted octanol–water partition coefficient (Wildman–Crippen LogP) is 2.55. The number of carbonyl (C=O) groups excluding carboxylic acids is 2. The number of ether oxygens (including phenoxy) is 1. The van der Waals surface area contributed by atoms with Crippen LogP contribution < -0.4 is 5.73 Å². The van der Waals surface area contributed by atoms with E-state index in [9.17, 15) is 9.59 Å². The lowest BCUT2D eigenvalue weighted by atomic mass is 10.1. The molecule has 0 saturated carbocycles. The molecular weight excluding hydrogens is 292 g/mol. The zero-order valence-electron chi connectivity index (χ0n) is 12.4. The number of carbonyl (C=O) groups is 2. The van der Waals surface area contributed by atoms with Gasteiger partial charge in [-0.05, 0) is 29.3 Å². The first-order chi connectivity index (χ1) is 11.1. The van der Waals surface area contributed by atoms with E-state index in [1.165, 1.54) is 0 Å². The Labute approximate surface area is 133 Å². The number of aromatic nitrogens is 1. The maximum Gasteiger partial charge on any atom is 0.310 e. The van der Waals surface area contributed by atoms with Gasteiger partial charge in [-0.3, -0.25) is 9.59 Å². The Bertz CT molecular complexity index is 850. The molecule has 0 aliphatic rings. The van der Waals surface area contributed by atoms with Crippen LogP contribution in [0, 0.1) is 0 Å². The summed E-state index contributed by atoms with van der Waals surface area (Å²) in [5.41, 5.74) is 8.33. The number of benzene rings is 2. The molecule has 5 nitrogen and oxygen atoms in total. The van der Waals surface area contributed by atoms with Crippen molar-refractivity contribution in [2.75, 3.05) is 0 Å². The van der Waals surface area contributed by atoms with Gasteiger partial charge in [-0.15, -0.1) is 0 Å². The highest BCUT2D eigenvalue weighted by Gasteiger charge is 2.10. The van der Waals surface area contributed by atoms with Gasteiger partial charge in [-0.1, -0.05) is 30.3 Å². The predicted molar refractivity (Wildman–Crippen MR) is 86.8 cm³/mol. The molecule has 5 heteroatoms. The van der Waals surface area contributed by atoms with Crippen LogP contribution in [-0.4, -0.2) is 16.9 Å². The van der Waals surface area contributed by atoms with Gasteiger partial charge in [-0.2, -0.15) is 0 Å². The number of esters is 1. The van der Waals surface area contributed by atoms with E-state index in [4.69, 9.17) is 10.5 Å². The fraction of sp³-hybridized carbons (Fsp3) is 0.111. The minimum absolute atomic E-state index is 0.167. The molecule has 0 spiro atoms. The van der Waals surface area contributed by atoms with E-state index in [0.29, 0.717) is 5.56 Å². The number of aromatic amines is 1. The molecule has 1 heterocycles.